The van der Waals surface area contributed by atoms with E-state index in [-0.39, 0.29) is 12.3 Å². The van der Waals surface area contributed by atoms with Crippen LogP contribution in [-0.2, 0) is 9.59 Å². The molecule has 128 valence electrons. The van der Waals surface area contributed by atoms with E-state index in [0.29, 0.717) is 46.2 Å². The van der Waals surface area contributed by atoms with Crippen LogP contribution in [0.5, 0.6) is 0 Å². The van der Waals surface area contributed by atoms with E-state index in [9.17, 15) is 14.7 Å². The van der Waals surface area contributed by atoms with Crippen molar-refractivity contribution in [3.8, 4) is 0 Å². The minimum absolute atomic E-state index is 0.000602. The average molecular weight is 364 g/mol. The van der Waals surface area contributed by atoms with Gasteiger partial charge >= 0.3 is 0 Å². The smallest absolute Gasteiger partial charge is 0.266 e. The molecule has 0 N–H and O–H groups in total. The summed E-state index contributed by atoms with van der Waals surface area (Å²) in [5.41, 5.74) is 0. The Hall–Kier alpha value is -1.60. The molecule has 0 radical (unpaired) electrons. The van der Waals surface area contributed by atoms with E-state index in [4.69, 9.17) is 16.6 Å². The molecule has 0 bridgehead atoms. The van der Waals surface area contributed by atoms with Gasteiger partial charge < -0.3 is 14.3 Å². The van der Waals surface area contributed by atoms with Crippen LogP contribution in [0.3, 0.4) is 0 Å². The molecule has 2 heterocycles. The van der Waals surface area contributed by atoms with Gasteiger partial charge in [0.15, 0.2) is 0 Å². The maximum atomic E-state index is 12.4. The molecule has 2 fully saturated rings. The highest BCUT2D eigenvalue weighted by Crippen LogP contribution is 2.47. The first-order valence-corrected chi connectivity index (χ1v) is 9.23. The Bertz CT molecular complexity index is 709. The van der Waals surface area contributed by atoms with Crippen LogP contribution in [-0.4, -0.2) is 27.6 Å². The lowest BCUT2D eigenvalue weighted by Gasteiger charge is -2.14. The van der Waals surface area contributed by atoms with E-state index in [1.54, 1.807) is 6.08 Å². The molecule has 7 heteroatoms. The van der Waals surface area contributed by atoms with Gasteiger partial charge in [-0.3, -0.25) is 9.69 Å². The lowest BCUT2D eigenvalue weighted by Crippen LogP contribution is -2.29. The molecule has 0 unspecified atom stereocenters. The molecule has 3 rings (SSSR count). The molecule has 0 spiro atoms. The SMILES string of the molecule is C[C@H]1C[C@@H]1c1ccc(/C=C2\SC(=S)N(CCCCC(=O)[O-])C2=O)o1. The molecule has 5 nitrogen and oxygen atoms in total. The molecular formula is C17H18NO4S2-. The Labute approximate surface area is 150 Å². The molecule has 1 aliphatic heterocycles. The summed E-state index contributed by atoms with van der Waals surface area (Å²) in [5, 5.41) is 10.4. The fourth-order valence-corrected chi connectivity index (χ4v) is 4.01. The van der Waals surface area contributed by atoms with Crippen molar-refractivity contribution >= 4 is 46.3 Å². The highest BCUT2D eigenvalue weighted by atomic mass is 32.2. The predicted molar refractivity (Wildman–Crippen MR) is 94.0 cm³/mol. The zero-order chi connectivity index (χ0) is 17.3. The minimum Gasteiger partial charge on any atom is -0.550 e. The van der Waals surface area contributed by atoms with Crippen LogP contribution in [0.15, 0.2) is 21.5 Å². The Morgan fingerprint density at radius 3 is 2.92 bits per heavy atom. The molecular weight excluding hydrogens is 346 g/mol. The Morgan fingerprint density at radius 2 is 2.25 bits per heavy atom. The number of thioether (sulfide) groups is 1. The van der Waals surface area contributed by atoms with Crippen molar-refractivity contribution in [3.63, 3.8) is 0 Å². The van der Waals surface area contributed by atoms with E-state index >= 15 is 0 Å². The largest absolute Gasteiger partial charge is 0.550 e. The third-order valence-corrected chi connectivity index (χ3v) is 5.66. The summed E-state index contributed by atoms with van der Waals surface area (Å²) in [6.45, 7) is 2.62. The van der Waals surface area contributed by atoms with Gasteiger partial charge in [-0.1, -0.05) is 30.9 Å². The number of hydrogen-bond acceptors (Lipinski definition) is 6. The number of amides is 1. The number of unbranched alkanes of at least 4 members (excludes halogenated alkanes) is 1. The van der Waals surface area contributed by atoms with Gasteiger partial charge in [0.2, 0.25) is 0 Å². The van der Waals surface area contributed by atoms with E-state index in [2.05, 4.69) is 6.92 Å². The van der Waals surface area contributed by atoms with Gasteiger partial charge in [0.1, 0.15) is 15.8 Å². The number of hydrogen-bond donors (Lipinski definition) is 0. The zero-order valence-electron chi connectivity index (χ0n) is 13.3. The van der Waals surface area contributed by atoms with Crippen molar-refractivity contribution < 1.29 is 19.1 Å². The van der Waals surface area contributed by atoms with Crippen molar-refractivity contribution in [3.05, 3.63) is 28.6 Å². The van der Waals surface area contributed by atoms with Crippen LogP contribution in [0.25, 0.3) is 6.08 Å². The van der Waals surface area contributed by atoms with Crippen LogP contribution in [0.1, 0.15) is 50.0 Å². The second-order valence-electron chi connectivity index (χ2n) is 6.22. The molecule has 1 saturated heterocycles. The lowest BCUT2D eigenvalue weighted by molar-refractivity contribution is -0.305. The molecule has 1 amide bonds. The van der Waals surface area contributed by atoms with Gasteiger partial charge in [-0.2, -0.15) is 0 Å². The van der Waals surface area contributed by atoms with Crippen molar-refractivity contribution in [2.45, 2.75) is 38.5 Å². The molecule has 1 saturated carbocycles. The number of nitrogens with zero attached hydrogens (tertiary/aromatic N) is 1. The van der Waals surface area contributed by atoms with Gasteiger partial charge in [-0.05, 0) is 43.7 Å². The molecule has 1 aliphatic carbocycles. The van der Waals surface area contributed by atoms with E-state index in [0.717, 1.165) is 12.2 Å². The summed E-state index contributed by atoms with van der Waals surface area (Å²) < 4.78 is 6.31. The van der Waals surface area contributed by atoms with Gasteiger partial charge in [-0.15, -0.1) is 0 Å². The highest BCUT2D eigenvalue weighted by molar-refractivity contribution is 8.26. The zero-order valence-corrected chi connectivity index (χ0v) is 15.0. The molecule has 1 aromatic rings. The van der Waals surface area contributed by atoms with Crippen LogP contribution in [0, 0.1) is 5.92 Å². The number of carbonyl (C=O) groups excluding carboxylic acids is 2. The fourth-order valence-electron chi connectivity index (χ4n) is 2.73. The van der Waals surface area contributed by atoms with Gasteiger partial charge in [0, 0.05) is 24.5 Å². The third kappa shape index (κ3) is 3.89. The maximum Gasteiger partial charge on any atom is 0.266 e. The Kier molecular flexibility index (Phi) is 5.10. The van der Waals surface area contributed by atoms with Gasteiger partial charge in [-0.25, -0.2) is 0 Å². The predicted octanol–water partition coefficient (Wildman–Crippen LogP) is 2.52. The lowest BCUT2D eigenvalue weighted by atomic mass is 10.2. The average Bonchev–Trinajstić information content (AvgIpc) is 2.97. The first-order valence-electron chi connectivity index (χ1n) is 8.00. The van der Waals surface area contributed by atoms with Crippen molar-refractivity contribution in [1.29, 1.82) is 0 Å². The van der Waals surface area contributed by atoms with Gasteiger partial charge in [0.25, 0.3) is 5.91 Å². The second-order valence-corrected chi connectivity index (χ2v) is 7.90. The monoisotopic (exact) mass is 364 g/mol. The summed E-state index contributed by atoms with van der Waals surface area (Å²) in [6, 6.07) is 3.85. The van der Waals surface area contributed by atoms with Crippen LogP contribution in [0.2, 0.25) is 0 Å². The summed E-state index contributed by atoms with van der Waals surface area (Å²) in [4.78, 5) is 24.9. The topological polar surface area (TPSA) is 73.6 Å². The normalized spacial score (nSPS) is 24.9. The van der Waals surface area contributed by atoms with Crippen LogP contribution in [0.4, 0.5) is 0 Å². The first-order chi connectivity index (χ1) is 11.5. The number of thiocarbonyl (C=S) groups is 1. The molecule has 1 aromatic heterocycles. The summed E-state index contributed by atoms with van der Waals surface area (Å²) in [7, 11) is 0. The minimum atomic E-state index is -1.07. The number of carboxylic acid groups (broad SMARTS) is 1. The summed E-state index contributed by atoms with van der Waals surface area (Å²) in [5.74, 6) is 1.61. The third-order valence-electron chi connectivity index (χ3n) is 4.28. The fraction of sp³-hybridized carbons (Fsp3) is 0.471. The number of aliphatic carboxylic acids is 1. The number of carbonyl (C=O) groups is 2. The van der Waals surface area contributed by atoms with E-state index in [1.165, 1.54) is 16.7 Å². The number of carboxylic acids is 1. The standard InChI is InChI=1S/C17H19NO4S2/c1-10-8-12(10)13-6-5-11(22-13)9-14-16(21)18(17(23)24-14)7-3-2-4-15(19)20/h5-6,9-10,12H,2-4,7-8H2,1H3,(H,19,20)/p-1/b14-9-/t10-,12-/m0/s1. The van der Waals surface area contributed by atoms with E-state index < -0.39 is 5.97 Å². The number of furan rings is 1. The maximum absolute atomic E-state index is 12.4. The first kappa shape index (κ1) is 17.2. The second kappa shape index (κ2) is 7.11. The molecule has 2 atom stereocenters. The van der Waals surface area contributed by atoms with Crippen LogP contribution >= 0.6 is 24.0 Å². The van der Waals surface area contributed by atoms with Crippen molar-refractivity contribution in [2.24, 2.45) is 5.92 Å². The highest BCUT2D eigenvalue weighted by Gasteiger charge is 2.37. The Morgan fingerprint density at radius 1 is 1.50 bits per heavy atom. The Balaban J connectivity index is 1.60. The summed E-state index contributed by atoms with van der Waals surface area (Å²) >= 11 is 6.51. The number of rotatable bonds is 7. The summed E-state index contributed by atoms with van der Waals surface area (Å²) in [6.07, 6.45) is 3.94. The molecule has 24 heavy (non-hydrogen) atoms. The molecule has 2 aliphatic rings. The van der Waals surface area contributed by atoms with Gasteiger partial charge in [0.05, 0.1) is 4.91 Å². The van der Waals surface area contributed by atoms with Crippen molar-refractivity contribution in [2.75, 3.05) is 6.54 Å². The van der Waals surface area contributed by atoms with Crippen molar-refractivity contribution in [1.82, 2.24) is 4.90 Å². The molecule has 0 aromatic carbocycles. The van der Waals surface area contributed by atoms with Crippen LogP contribution < -0.4 is 5.11 Å². The quantitative estimate of drug-likeness (QED) is 0.420. The van der Waals surface area contributed by atoms with E-state index in [1.807, 2.05) is 12.1 Å².